The molecule has 0 saturated heterocycles. The highest BCUT2D eigenvalue weighted by molar-refractivity contribution is 7.21. The molecule has 3 aromatic rings. The molecule has 0 aliphatic carbocycles. The third kappa shape index (κ3) is 3.27. The van der Waals surface area contributed by atoms with Crippen LogP contribution in [0.3, 0.4) is 0 Å². The Morgan fingerprint density at radius 3 is 2.58 bits per heavy atom. The second-order valence-corrected chi connectivity index (χ2v) is 6.57. The molecule has 0 fully saturated rings. The highest BCUT2D eigenvalue weighted by Crippen LogP contribution is 2.34. The van der Waals surface area contributed by atoms with Crippen molar-refractivity contribution in [1.82, 2.24) is 5.43 Å². The molecule has 122 valence electrons. The predicted octanol–water partition coefficient (Wildman–Crippen LogP) is 4.80. The minimum absolute atomic E-state index is 0.190. The number of fused-ring (bicyclic) bond motifs is 1. The highest BCUT2D eigenvalue weighted by Gasteiger charge is 2.16. The molecule has 1 aromatic heterocycles. The van der Waals surface area contributed by atoms with E-state index in [2.05, 4.69) is 10.5 Å². The van der Waals surface area contributed by atoms with E-state index in [4.69, 9.17) is 11.6 Å². The zero-order chi connectivity index (χ0) is 17.1. The normalized spacial score (nSPS) is 11.7. The Bertz CT molecular complexity index is 916. The van der Waals surface area contributed by atoms with Gasteiger partial charge in [-0.2, -0.15) is 5.10 Å². The Labute approximate surface area is 148 Å². The second-order valence-electron chi connectivity index (χ2n) is 5.14. The summed E-state index contributed by atoms with van der Waals surface area (Å²) in [5.74, 6) is -0.138. The maximum atomic E-state index is 12.4. The smallest absolute Gasteiger partial charge is 0.283 e. The fraction of sp³-hybridized carbons (Fsp3) is 0.111. The molecular weight excluding hydrogens is 344 g/mol. The van der Waals surface area contributed by atoms with Crippen molar-refractivity contribution in [3.63, 3.8) is 0 Å². The van der Waals surface area contributed by atoms with Gasteiger partial charge in [-0.1, -0.05) is 36.7 Å². The SMILES string of the molecule is CCC(=NNC(=O)c1sc2ccccc2c1Cl)c1ccc(O)cc1. The fourth-order valence-electron chi connectivity index (χ4n) is 2.33. The number of phenols is 1. The van der Waals surface area contributed by atoms with Gasteiger partial charge in [0.15, 0.2) is 0 Å². The van der Waals surface area contributed by atoms with E-state index in [1.54, 1.807) is 24.3 Å². The van der Waals surface area contributed by atoms with Crippen molar-refractivity contribution in [2.24, 2.45) is 5.10 Å². The average molecular weight is 359 g/mol. The third-order valence-electron chi connectivity index (χ3n) is 3.57. The number of halogens is 1. The van der Waals surface area contributed by atoms with E-state index in [0.717, 1.165) is 21.4 Å². The molecule has 1 heterocycles. The number of amides is 1. The Morgan fingerprint density at radius 2 is 1.92 bits per heavy atom. The molecule has 2 N–H and O–H groups in total. The topological polar surface area (TPSA) is 61.7 Å². The standard InChI is InChI=1S/C18H15ClN2O2S/c1-2-14(11-7-9-12(22)10-8-11)20-21-18(23)17-16(19)13-5-3-4-6-15(13)24-17/h3-10,22H,2H2,1H3,(H,21,23). The summed E-state index contributed by atoms with van der Waals surface area (Å²) >= 11 is 7.65. The summed E-state index contributed by atoms with van der Waals surface area (Å²) in [6.45, 7) is 1.95. The minimum Gasteiger partial charge on any atom is -0.508 e. The summed E-state index contributed by atoms with van der Waals surface area (Å²) in [6.07, 6.45) is 0.644. The van der Waals surface area contributed by atoms with Gasteiger partial charge in [0, 0.05) is 10.1 Å². The first-order valence-corrected chi connectivity index (χ1v) is 8.63. The lowest BCUT2D eigenvalue weighted by Gasteiger charge is -2.05. The van der Waals surface area contributed by atoms with E-state index in [0.29, 0.717) is 16.3 Å². The van der Waals surface area contributed by atoms with Crippen LogP contribution >= 0.6 is 22.9 Å². The number of carbonyl (C=O) groups is 1. The van der Waals surface area contributed by atoms with Crippen LogP contribution in [0.1, 0.15) is 28.6 Å². The Kier molecular flexibility index (Phi) is 4.83. The molecule has 0 atom stereocenters. The highest BCUT2D eigenvalue weighted by atomic mass is 35.5. The molecule has 1 amide bonds. The maximum absolute atomic E-state index is 12.4. The van der Waals surface area contributed by atoms with E-state index in [-0.39, 0.29) is 11.7 Å². The fourth-order valence-corrected chi connectivity index (χ4v) is 3.74. The number of hydrazone groups is 1. The molecule has 24 heavy (non-hydrogen) atoms. The van der Waals surface area contributed by atoms with Gasteiger partial charge in [-0.25, -0.2) is 5.43 Å². The van der Waals surface area contributed by atoms with Crippen LogP contribution in [0.15, 0.2) is 53.6 Å². The second kappa shape index (κ2) is 7.03. The first kappa shape index (κ1) is 16.5. The number of phenolic OH excluding ortho intramolecular Hbond substituents is 1. The van der Waals surface area contributed by atoms with Gasteiger partial charge < -0.3 is 5.11 Å². The molecule has 4 nitrogen and oxygen atoms in total. The first-order chi connectivity index (χ1) is 11.6. The van der Waals surface area contributed by atoms with Crippen molar-refractivity contribution in [2.45, 2.75) is 13.3 Å². The number of rotatable bonds is 4. The van der Waals surface area contributed by atoms with Gasteiger partial charge in [-0.3, -0.25) is 4.79 Å². The first-order valence-electron chi connectivity index (χ1n) is 7.43. The van der Waals surface area contributed by atoms with Gasteiger partial charge in [0.2, 0.25) is 0 Å². The van der Waals surface area contributed by atoms with Gasteiger partial charge >= 0.3 is 0 Å². The van der Waals surface area contributed by atoms with E-state index in [1.165, 1.54) is 11.3 Å². The molecule has 2 aromatic carbocycles. The Hall–Kier alpha value is -2.37. The number of carbonyl (C=O) groups excluding carboxylic acids is 1. The summed E-state index contributed by atoms with van der Waals surface area (Å²) in [5, 5.41) is 14.9. The van der Waals surface area contributed by atoms with Gasteiger partial charge in [-0.05, 0) is 42.3 Å². The van der Waals surface area contributed by atoms with Crippen LogP contribution in [-0.4, -0.2) is 16.7 Å². The van der Waals surface area contributed by atoms with E-state index < -0.39 is 0 Å². The number of thiophene rings is 1. The Morgan fingerprint density at radius 1 is 1.21 bits per heavy atom. The minimum atomic E-state index is -0.328. The number of nitrogens with one attached hydrogen (secondary N) is 1. The van der Waals surface area contributed by atoms with Crippen molar-refractivity contribution in [3.05, 3.63) is 64.0 Å². The van der Waals surface area contributed by atoms with Gasteiger partial charge in [0.05, 0.1) is 10.7 Å². The van der Waals surface area contributed by atoms with E-state index >= 15 is 0 Å². The van der Waals surface area contributed by atoms with Crippen LogP contribution in [0.5, 0.6) is 5.75 Å². The van der Waals surface area contributed by atoms with Crippen LogP contribution in [0, 0.1) is 0 Å². The summed E-state index contributed by atoms with van der Waals surface area (Å²) in [5.41, 5.74) is 4.15. The van der Waals surface area contributed by atoms with Crippen molar-refractivity contribution in [1.29, 1.82) is 0 Å². The number of hydrogen-bond donors (Lipinski definition) is 2. The lowest BCUT2D eigenvalue weighted by molar-refractivity contribution is 0.0959. The summed E-state index contributed by atoms with van der Waals surface area (Å²) in [6, 6.07) is 14.3. The lowest BCUT2D eigenvalue weighted by atomic mass is 10.1. The number of nitrogens with zero attached hydrogens (tertiary/aromatic N) is 1. The summed E-state index contributed by atoms with van der Waals surface area (Å²) in [4.78, 5) is 12.9. The zero-order valence-electron chi connectivity index (χ0n) is 12.9. The molecule has 0 unspecified atom stereocenters. The number of benzene rings is 2. The van der Waals surface area contributed by atoms with Gasteiger partial charge in [-0.15, -0.1) is 11.3 Å². The number of hydrogen-bond acceptors (Lipinski definition) is 4. The molecule has 6 heteroatoms. The molecular formula is C18H15ClN2O2S. The lowest BCUT2D eigenvalue weighted by Crippen LogP contribution is -2.19. The van der Waals surface area contributed by atoms with Crippen LogP contribution in [0.2, 0.25) is 5.02 Å². The quantitative estimate of drug-likeness (QED) is 0.519. The van der Waals surface area contributed by atoms with Crippen molar-refractivity contribution >= 4 is 44.6 Å². The van der Waals surface area contributed by atoms with Crippen molar-refractivity contribution in [3.8, 4) is 5.75 Å². The van der Waals surface area contributed by atoms with Crippen LogP contribution in [0.25, 0.3) is 10.1 Å². The Balaban J connectivity index is 1.84. The maximum Gasteiger partial charge on any atom is 0.283 e. The largest absolute Gasteiger partial charge is 0.508 e. The van der Waals surface area contributed by atoms with Crippen LogP contribution in [-0.2, 0) is 0 Å². The van der Waals surface area contributed by atoms with Crippen LogP contribution < -0.4 is 5.43 Å². The molecule has 0 bridgehead atoms. The average Bonchev–Trinajstić information content (AvgIpc) is 2.94. The van der Waals surface area contributed by atoms with Crippen molar-refractivity contribution < 1.29 is 9.90 Å². The summed E-state index contributed by atoms with van der Waals surface area (Å²) in [7, 11) is 0. The van der Waals surface area contributed by atoms with E-state index in [1.807, 2.05) is 31.2 Å². The number of aromatic hydroxyl groups is 1. The molecule has 0 radical (unpaired) electrons. The van der Waals surface area contributed by atoms with Crippen LogP contribution in [0.4, 0.5) is 0 Å². The van der Waals surface area contributed by atoms with Gasteiger partial charge in [0.1, 0.15) is 10.6 Å². The summed E-state index contributed by atoms with van der Waals surface area (Å²) < 4.78 is 0.964. The van der Waals surface area contributed by atoms with Crippen molar-refractivity contribution in [2.75, 3.05) is 0 Å². The molecule has 3 rings (SSSR count). The molecule has 0 spiro atoms. The molecule has 0 aliphatic rings. The predicted molar refractivity (Wildman–Crippen MR) is 99.2 cm³/mol. The monoisotopic (exact) mass is 358 g/mol. The molecule has 0 saturated carbocycles. The van der Waals surface area contributed by atoms with Gasteiger partial charge in [0.25, 0.3) is 5.91 Å². The zero-order valence-corrected chi connectivity index (χ0v) is 14.5. The molecule has 0 aliphatic heterocycles. The third-order valence-corrected chi connectivity index (χ3v) is 5.24. The van der Waals surface area contributed by atoms with E-state index in [9.17, 15) is 9.90 Å².